The molecule has 0 spiro atoms. The molecule has 0 fully saturated rings. The highest BCUT2D eigenvalue weighted by atomic mass is 16.3. The Morgan fingerprint density at radius 3 is 3.00 bits per heavy atom. The van der Waals surface area contributed by atoms with Gasteiger partial charge in [-0.1, -0.05) is 18.2 Å². The molecule has 1 aromatic heterocycles. The van der Waals surface area contributed by atoms with Crippen LogP contribution >= 0.6 is 0 Å². The summed E-state index contributed by atoms with van der Waals surface area (Å²) in [6.07, 6.45) is 4.95. The van der Waals surface area contributed by atoms with Crippen molar-refractivity contribution in [3.8, 4) is 0 Å². The molecule has 0 saturated heterocycles. The third-order valence-corrected chi connectivity index (χ3v) is 3.86. The molecule has 19 heavy (non-hydrogen) atoms. The third kappa shape index (κ3) is 2.34. The van der Waals surface area contributed by atoms with Gasteiger partial charge in [0.25, 0.3) is 0 Å². The van der Waals surface area contributed by atoms with Gasteiger partial charge in [-0.2, -0.15) is 0 Å². The van der Waals surface area contributed by atoms with Crippen molar-refractivity contribution in [1.29, 1.82) is 0 Å². The zero-order valence-electron chi connectivity index (χ0n) is 11.0. The van der Waals surface area contributed by atoms with Crippen molar-refractivity contribution in [2.75, 3.05) is 5.32 Å². The maximum atomic E-state index is 10.5. The lowest BCUT2D eigenvalue weighted by Crippen LogP contribution is -2.32. The predicted octanol–water partition coefficient (Wildman–Crippen LogP) is 2.85. The van der Waals surface area contributed by atoms with Crippen LogP contribution < -0.4 is 5.32 Å². The van der Waals surface area contributed by atoms with Gasteiger partial charge >= 0.3 is 0 Å². The number of hydrogen-bond donors (Lipinski definition) is 2. The van der Waals surface area contributed by atoms with E-state index in [1.54, 1.807) is 12.4 Å². The highest BCUT2D eigenvalue weighted by molar-refractivity contribution is 5.54. The van der Waals surface area contributed by atoms with E-state index in [0.717, 1.165) is 29.7 Å². The van der Waals surface area contributed by atoms with Gasteiger partial charge in [0.15, 0.2) is 0 Å². The zero-order valence-corrected chi connectivity index (χ0v) is 11.0. The molecule has 1 aromatic carbocycles. The van der Waals surface area contributed by atoms with Crippen LogP contribution in [-0.2, 0) is 6.42 Å². The molecular weight excluding hydrogens is 236 g/mol. The van der Waals surface area contributed by atoms with E-state index in [9.17, 15) is 5.11 Å². The Labute approximate surface area is 113 Å². The standard InChI is InChI=1S/C16H18N2O/c1-11-8-9-17-10-13(11)16(19)15-7-6-12-4-2-3-5-14(12)18-15/h2-5,8-10,15-16,18-19H,6-7H2,1H3. The summed E-state index contributed by atoms with van der Waals surface area (Å²) in [4.78, 5) is 4.12. The number of fused-ring (bicyclic) bond motifs is 1. The summed E-state index contributed by atoms with van der Waals surface area (Å²) in [6.45, 7) is 2.01. The van der Waals surface area contributed by atoms with Crippen LogP contribution in [-0.4, -0.2) is 16.1 Å². The number of rotatable bonds is 2. The summed E-state index contributed by atoms with van der Waals surface area (Å²) < 4.78 is 0. The molecule has 2 aromatic rings. The number of nitrogens with zero attached hydrogens (tertiary/aromatic N) is 1. The molecule has 2 atom stereocenters. The second kappa shape index (κ2) is 5.02. The van der Waals surface area contributed by atoms with Gasteiger partial charge in [0, 0.05) is 23.6 Å². The van der Waals surface area contributed by atoms with Crippen molar-refractivity contribution >= 4 is 5.69 Å². The van der Waals surface area contributed by atoms with Gasteiger partial charge in [-0.05, 0) is 43.0 Å². The van der Waals surface area contributed by atoms with Crippen LogP contribution in [0.3, 0.4) is 0 Å². The Hall–Kier alpha value is -1.87. The van der Waals surface area contributed by atoms with Gasteiger partial charge in [0.05, 0.1) is 6.04 Å². The average molecular weight is 254 g/mol. The van der Waals surface area contributed by atoms with Crippen LogP contribution in [0.5, 0.6) is 0 Å². The van der Waals surface area contributed by atoms with Crippen LogP contribution in [0.15, 0.2) is 42.7 Å². The van der Waals surface area contributed by atoms with Crippen LogP contribution in [0, 0.1) is 6.92 Å². The van der Waals surface area contributed by atoms with Gasteiger partial charge in [-0.15, -0.1) is 0 Å². The van der Waals surface area contributed by atoms with Crippen LogP contribution in [0.25, 0.3) is 0 Å². The molecule has 3 nitrogen and oxygen atoms in total. The molecule has 2 N–H and O–H groups in total. The summed E-state index contributed by atoms with van der Waals surface area (Å²) >= 11 is 0. The Kier molecular flexibility index (Phi) is 3.22. The van der Waals surface area contributed by atoms with Gasteiger partial charge in [-0.3, -0.25) is 4.98 Å². The molecule has 0 bridgehead atoms. The van der Waals surface area contributed by atoms with E-state index in [0.29, 0.717) is 0 Å². The molecule has 98 valence electrons. The van der Waals surface area contributed by atoms with Crippen molar-refractivity contribution in [3.05, 3.63) is 59.4 Å². The largest absolute Gasteiger partial charge is 0.386 e. The fraction of sp³-hybridized carbons (Fsp3) is 0.312. The minimum Gasteiger partial charge on any atom is -0.386 e. The van der Waals surface area contributed by atoms with E-state index in [-0.39, 0.29) is 6.04 Å². The first-order valence-corrected chi connectivity index (χ1v) is 6.69. The monoisotopic (exact) mass is 254 g/mol. The molecule has 1 aliphatic rings. The minimum atomic E-state index is -0.512. The summed E-state index contributed by atoms with van der Waals surface area (Å²) in [7, 11) is 0. The SMILES string of the molecule is Cc1ccncc1C(O)C1CCc2ccccc2N1. The zero-order chi connectivity index (χ0) is 13.2. The molecule has 3 rings (SSSR count). The van der Waals surface area contributed by atoms with E-state index in [2.05, 4.69) is 28.5 Å². The number of pyridine rings is 1. The number of anilines is 1. The lowest BCUT2D eigenvalue weighted by molar-refractivity contribution is 0.148. The van der Waals surface area contributed by atoms with E-state index in [1.165, 1.54) is 5.56 Å². The molecular formula is C16H18N2O. The molecule has 1 aliphatic heterocycles. The molecule has 0 amide bonds. The van der Waals surface area contributed by atoms with E-state index in [4.69, 9.17) is 0 Å². The summed E-state index contributed by atoms with van der Waals surface area (Å²) in [5, 5.41) is 14.0. The van der Waals surface area contributed by atoms with E-state index in [1.807, 2.05) is 19.1 Å². The lowest BCUT2D eigenvalue weighted by atomic mass is 9.91. The Balaban J connectivity index is 1.83. The van der Waals surface area contributed by atoms with Crippen LogP contribution in [0.2, 0.25) is 0 Å². The first-order chi connectivity index (χ1) is 9.25. The summed E-state index contributed by atoms with van der Waals surface area (Å²) in [5.41, 5.74) is 4.47. The highest BCUT2D eigenvalue weighted by Crippen LogP contribution is 2.31. The highest BCUT2D eigenvalue weighted by Gasteiger charge is 2.26. The fourth-order valence-corrected chi connectivity index (χ4v) is 2.70. The molecule has 2 heterocycles. The summed E-state index contributed by atoms with van der Waals surface area (Å²) in [6, 6.07) is 10.3. The minimum absolute atomic E-state index is 0.0535. The average Bonchev–Trinajstić information content (AvgIpc) is 2.46. The van der Waals surface area contributed by atoms with Gasteiger partial charge < -0.3 is 10.4 Å². The Bertz CT molecular complexity index is 582. The molecule has 2 unspecified atom stereocenters. The maximum Gasteiger partial charge on any atom is 0.101 e. The molecule has 0 aliphatic carbocycles. The number of aliphatic hydroxyl groups excluding tert-OH is 1. The van der Waals surface area contributed by atoms with Crippen molar-refractivity contribution < 1.29 is 5.11 Å². The lowest BCUT2D eigenvalue weighted by Gasteiger charge is -2.31. The van der Waals surface area contributed by atoms with E-state index < -0.39 is 6.10 Å². The van der Waals surface area contributed by atoms with Crippen molar-refractivity contribution in [2.24, 2.45) is 0 Å². The van der Waals surface area contributed by atoms with Crippen LogP contribution in [0.4, 0.5) is 5.69 Å². The first-order valence-electron chi connectivity index (χ1n) is 6.69. The van der Waals surface area contributed by atoms with Crippen LogP contribution in [0.1, 0.15) is 29.2 Å². The normalized spacial score (nSPS) is 19.4. The second-order valence-corrected chi connectivity index (χ2v) is 5.12. The van der Waals surface area contributed by atoms with Gasteiger partial charge in [0.2, 0.25) is 0 Å². The number of hydrogen-bond acceptors (Lipinski definition) is 3. The number of nitrogens with one attached hydrogen (secondary N) is 1. The number of aliphatic hydroxyl groups is 1. The quantitative estimate of drug-likeness (QED) is 0.866. The van der Waals surface area contributed by atoms with Crippen molar-refractivity contribution in [1.82, 2.24) is 4.98 Å². The number of aryl methyl sites for hydroxylation is 2. The molecule has 3 heteroatoms. The smallest absolute Gasteiger partial charge is 0.101 e. The first kappa shape index (κ1) is 12.2. The van der Waals surface area contributed by atoms with E-state index >= 15 is 0 Å². The Morgan fingerprint density at radius 2 is 2.16 bits per heavy atom. The fourth-order valence-electron chi connectivity index (χ4n) is 2.70. The topological polar surface area (TPSA) is 45.2 Å². The molecule has 0 radical (unpaired) electrons. The van der Waals surface area contributed by atoms with Crippen molar-refractivity contribution in [2.45, 2.75) is 31.9 Å². The Morgan fingerprint density at radius 1 is 1.32 bits per heavy atom. The second-order valence-electron chi connectivity index (χ2n) is 5.12. The third-order valence-electron chi connectivity index (χ3n) is 3.86. The number of aromatic nitrogens is 1. The maximum absolute atomic E-state index is 10.5. The van der Waals surface area contributed by atoms with Crippen molar-refractivity contribution in [3.63, 3.8) is 0 Å². The van der Waals surface area contributed by atoms with Gasteiger partial charge in [-0.25, -0.2) is 0 Å². The summed E-state index contributed by atoms with van der Waals surface area (Å²) in [5.74, 6) is 0. The number of para-hydroxylation sites is 1. The predicted molar refractivity (Wildman–Crippen MR) is 76.1 cm³/mol. The van der Waals surface area contributed by atoms with Gasteiger partial charge in [0.1, 0.15) is 6.10 Å². The molecule has 0 saturated carbocycles. The number of benzene rings is 1.